The fraction of sp³-hybridized carbons (Fsp3) is 0.417. The Labute approximate surface area is 94.8 Å². The Morgan fingerprint density at radius 1 is 1.50 bits per heavy atom. The Morgan fingerprint density at radius 2 is 2.19 bits per heavy atom. The fourth-order valence-corrected chi connectivity index (χ4v) is 1.42. The topological polar surface area (TPSA) is 55.1 Å². The molecule has 0 radical (unpaired) electrons. The van der Waals surface area contributed by atoms with Gasteiger partial charge in [-0.25, -0.2) is 4.39 Å². The summed E-state index contributed by atoms with van der Waals surface area (Å²) in [6, 6.07) is 6.12. The number of nitrogens with one attached hydrogen (secondary N) is 1. The van der Waals surface area contributed by atoms with Gasteiger partial charge in [0.1, 0.15) is 5.82 Å². The number of benzene rings is 1. The first-order valence-electron chi connectivity index (χ1n) is 5.41. The third-order valence-electron chi connectivity index (χ3n) is 2.53. The third kappa shape index (κ3) is 3.62. The molecule has 0 aliphatic carbocycles. The number of amides is 1. The summed E-state index contributed by atoms with van der Waals surface area (Å²) < 4.78 is 13.2. The predicted octanol–water partition coefficient (Wildman–Crippen LogP) is 2.14. The number of hydrogen-bond donors (Lipinski definition) is 2. The second-order valence-electron chi connectivity index (χ2n) is 3.74. The van der Waals surface area contributed by atoms with E-state index >= 15 is 0 Å². The molecule has 4 heteroatoms. The highest BCUT2D eigenvalue weighted by atomic mass is 19.1. The van der Waals surface area contributed by atoms with E-state index in [1.807, 2.05) is 6.92 Å². The number of hydrogen-bond acceptors (Lipinski definition) is 2. The van der Waals surface area contributed by atoms with Gasteiger partial charge in [-0.05, 0) is 24.6 Å². The number of rotatable bonds is 5. The number of nitrogens with two attached hydrogens (primary N) is 1. The van der Waals surface area contributed by atoms with Crippen LogP contribution >= 0.6 is 0 Å². The first kappa shape index (κ1) is 12.6. The number of anilines is 1. The molecule has 0 saturated carbocycles. The Balaban J connectivity index is 2.55. The average Bonchev–Trinajstić information content (AvgIpc) is 2.29. The molecule has 16 heavy (non-hydrogen) atoms. The summed E-state index contributed by atoms with van der Waals surface area (Å²) in [7, 11) is 0. The van der Waals surface area contributed by atoms with E-state index < -0.39 is 5.82 Å². The minimum Gasteiger partial charge on any atom is -0.330 e. The van der Waals surface area contributed by atoms with Crippen LogP contribution in [0.15, 0.2) is 24.3 Å². The van der Waals surface area contributed by atoms with Crippen LogP contribution in [0.4, 0.5) is 10.1 Å². The van der Waals surface area contributed by atoms with Crippen molar-refractivity contribution >= 4 is 11.6 Å². The van der Waals surface area contributed by atoms with Crippen LogP contribution in [0.3, 0.4) is 0 Å². The molecule has 0 aliphatic rings. The van der Waals surface area contributed by atoms with Crippen molar-refractivity contribution in [1.29, 1.82) is 0 Å². The van der Waals surface area contributed by atoms with Crippen molar-refractivity contribution in [3.05, 3.63) is 30.1 Å². The lowest BCUT2D eigenvalue weighted by Crippen LogP contribution is -2.22. The molecule has 1 rings (SSSR count). The lowest BCUT2D eigenvalue weighted by atomic mass is 10.0. The fourth-order valence-electron chi connectivity index (χ4n) is 1.42. The van der Waals surface area contributed by atoms with Gasteiger partial charge < -0.3 is 11.1 Å². The van der Waals surface area contributed by atoms with E-state index in [1.165, 1.54) is 12.1 Å². The van der Waals surface area contributed by atoms with Gasteiger partial charge in [0.25, 0.3) is 0 Å². The van der Waals surface area contributed by atoms with Crippen LogP contribution in [0.5, 0.6) is 0 Å². The van der Waals surface area contributed by atoms with Crippen LogP contribution in [-0.2, 0) is 4.79 Å². The Hall–Kier alpha value is -1.42. The second-order valence-corrected chi connectivity index (χ2v) is 3.74. The minimum atomic E-state index is -0.420. The highest BCUT2D eigenvalue weighted by molar-refractivity contribution is 5.90. The molecule has 1 atom stereocenters. The quantitative estimate of drug-likeness (QED) is 0.805. The molecule has 0 bridgehead atoms. The van der Waals surface area contributed by atoms with Gasteiger partial charge in [0.15, 0.2) is 0 Å². The largest absolute Gasteiger partial charge is 0.330 e. The lowest BCUT2D eigenvalue weighted by molar-refractivity contribution is -0.117. The van der Waals surface area contributed by atoms with E-state index in [4.69, 9.17) is 5.73 Å². The van der Waals surface area contributed by atoms with Crippen LogP contribution in [0, 0.1) is 11.7 Å². The molecule has 1 aromatic rings. The molecule has 0 fully saturated rings. The maximum absolute atomic E-state index is 13.2. The molecule has 3 N–H and O–H groups in total. The van der Waals surface area contributed by atoms with E-state index in [1.54, 1.807) is 12.1 Å². The van der Waals surface area contributed by atoms with Gasteiger partial charge in [0.2, 0.25) is 5.91 Å². The SMILES string of the molecule is CCC(CN)CC(=O)Nc1ccccc1F. The highest BCUT2D eigenvalue weighted by Crippen LogP contribution is 2.14. The lowest BCUT2D eigenvalue weighted by Gasteiger charge is -2.12. The van der Waals surface area contributed by atoms with Crippen LogP contribution in [0.1, 0.15) is 19.8 Å². The van der Waals surface area contributed by atoms with E-state index in [2.05, 4.69) is 5.32 Å². The molecular formula is C12H17FN2O. The Morgan fingerprint density at radius 3 is 2.75 bits per heavy atom. The van der Waals surface area contributed by atoms with Crippen molar-refractivity contribution < 1.29 is 9.18 Å². The molecule has 0 aliphatic heterocycles. The Kier molecular flexibility index (Phi) is 4.92. The second kappa shape index (κ2) is 6.23. The van der Waals surface area contributed by atoms with Gasteiger partial charge >= 0.3 is 0 Å². The van der Waals surface area contributed by atoms with Crippen LogP contribution in [-0.4, -0.2) is 12.5 Å². The molecule has 1 amide bonds. The molecule has 0 saturated heterocycles. The molecule has 0 spiro atoms. The van der Waals surface area contributed by atoms with Crippen molar-refractivity contribution in [3.63, 3.8) is 0 Å². The zero-order valence-electron chi connectivity index (χ0n) is 9.37. The van der Waals surface area contributed by atoms with Crippen molar-refractivity contribution in [3.8, 4) is 0 Å². The van der Waals surface area contributed by atoms with Crippen LogP contribution in [0.2, 0.25) is 0 Å². The first-order valence-corrected chi connectivity index (χ1v) is 5.41. The van der Waals surface area contributed by atoms with Crippen molar-refractivity contribution in [2.24, 2.45) is 11.7 Å². The van der Waals surface area contributed by atoms with Crippen molar-refractivity contribution in [1.82, 2.24) is 0 Å². The van der Waals surface area contributed by atoms with Crippen molar-refractivity contribution in [2.45, 2.75) is 19.8 Å². The summed E-state index contributed by atoms with van der Waals surface area (Å²) in [5.41, 5.74) is 5.72. The minimum absolute atomic E-state index is 0.159. The molecule has 1 aromatic carbocycles. The predicted molar refractivity (Wildman–Crippen MR) is 62.5 cm³/mol. The molecule has 0 heterocycles. The van der Waals surface area contributed by atoms with E-state index in [0.717, 1.165) is 6.42 Å². The van der Waals surface area contributed by atoms with Gasteiger partial charge in [-0.3, -0.25) is 4.79 Å². The summed E-state index contributed by atoms with van der Waals surface area (Å²) in [4.78, 5) is 11.6. The normalized spacial score (nSPS) is 12.2. The smallest absolute Gasteiger partial charge is 0.224 e. The van der Waals surface area contributed by atoms with Gasteiger partial charge in [0.05, 0.1) is 5.69 Å². The average molecular weight is 224 g/mol. The Bertz CT molecular complexity index is 351. The number of carbonyl (C=O) groups is 1. The standard InChI is InChI=1S/C12H17FN2O/c1-2-9(8-14)7-12(16)15-11-6-4-3-5-10(11)13/h3-6,9H,2,7-8,14H2,1H3,(H,15,16). The zero-order chi connectivity index (χ0) is 12.0. The van der Waals surface area contributed by atoms with E-state index in [-0.39, 0.29) is 17.5 Å². The van der Waals surface area contributed by atoms with Gasteiger partial charge in [-0.2, -0.15) is 0 Å². The third-order valence-corrected chi connectivity index (χ3v) is 2.53. The van der Waals surface area contributed by atoms with Gasteiger partial charge in [0, 0.05) is 6.42 Å². The molecule has 0 aromatic heterocycles. The molecule has 1 unspecified atom stereocenters. The zero-order valence-corrected chi connectivity index (χ0v) is 9.37. The van der Waals surface area contributed by atoms with Gasteiger partial charge in [-0.15, -0.1) is 0 Å². The molecular weight excluding hydrogens is 207 g/mol. The first-order chi connectivity index (χ1) is 7.67. The van der Waals surface area contributed by atoms with Crippen LogP contribution in [0.25, 0.3) is 0 Å². The van der Waals surface area contributed by atoms with Crippen molar-refractivity contribution in [2.75, 3.05) is 11.9 Å². The van der Waals surface area contributed by atoms with E-state index in [9.17, 15) is 9.18 Å². The molecule has 88 valence electrons. The summed E-state index contributed by atoms with van der Waals surface area (Å²) in [5.74, 6) is -0.453. The number of halogens is 1. The maximum atomic E-state index is 13.2. The number of para-hydroxylation sites is 1. The summed E-state index contributed by atoms with van der Waals surface area (Å²) in [6.45, 7) is 2.45. The van der Waals surface area contributed by atoms with Crippen LogP contribution < -0.4 is 11.1 Å². The van der Waals surface area contributed by atoms with Gasteiger partial charge in [-0.1, -0.05) is 25.5 Å². The monoisotopic (exact) mass is 224 g/mol. The maximum Gasteiger partial charge on any atom is 0.224 e. The summed E-state index contributed by atoms with van der Waals surface area (Å²) >= 11 is 0. The number of carbonyl (C=O) groups excluding carboxylic acids is 1. The summed E-state index contributed by atoms with van der Waals surface area (Å²) in [6.07, 6.45) is 1.18. The van der Waals surface area contributed by atoms with E-state index in [0.29, 0.717) is 13.0 Å². The molecule has 3 nitrogen and oxygen atoms in total. The summed E-state index contributed by atoms with van der Waals surface area (Å²) in [5, 5.41) is 2.54. The highest BCUT2D eigenvalue weighted by Gasteiger charge is 2.11.